The van der Waals surface area contributed by atoms with Gasteiger partial charge in [0.2, 0.25) is 5.91 Å². The Morgan fingerprint density at radius 1 is 1.02 bits per heavy atom. The van der Waals surface area contributed by atoms with Gasteiger partial charge in [0, 0.05) is 38.3 Å². The molecule has 1 N–H and O–H groups in total. The van der Waals surface area contributed by atoms with Crippen LogP contribution in [0.3, 0.4) is 0 Å². The van der Waals surface area contributed by atoms with Gasteiger partial charge in [-0.25, -0.2) is 4.39 Å². The minimum Gasteiger partial charge on any atom is -0.347 e. The van der Waals surface area contributed by atoms with E-state index in [2.05, 4.69) is 31.3 Å². The van der Waals surface area contributed by atoms with Crippen LogP contribution in [0.4, 0.5) is 4.39 Å². The summed E-state index contributed by atoms with van der Waals surface area (Å²) >= 11 is 0. The third kappa shape index (κ3) is 7.79. The van der Waals surface area contributed by atoms with Crippen LogP contribution in [0, 0.1) is 19.8 Å². The average Bonchev–Trinajstić information content (AvgIpc) is 2.89. The number of hydrogen-bond donors (Lipinski definition) is 1. The summed E-state index contributed by atoms with van der Waals surface area (Å²) in [6.07, 6.45) is 2.30. The van der Waals surface area contributed by atoms with Crippen molar-refractivity contribution in [2.45, 2.75) is 72.1 Å². The van der Waals surface area contributed by atoms with Crippen LogP contribution in [0.5, 0.6) is 0 Å². The van der Waals surface area contributed by atoms with Gasteiger partial charge in [-0.3, -0.25) is 19.3 Å². The molecule has 7 heteroatoms. The lowest BCUT2D eigenvalue weighted by atomic mass is 9.92. The molecule has 2 atom stereocenters. The Hall–Kier alpha value is -3.58. The largest absolute Gasteiger partial charge is 0.347 e. The van der Waals surface area contributed by atoms with Crippen LogP contribution >= 0.6 is 0 Å². The van der Waals surface area contributed by atoms with Gasteiger partial charge in [0.25, 0.3) is 5.56 Å². The zero-order valence-electron chi connectivity index (χ0n) is 24.8. The molecule has 1 amide bonds. The summed E-state index contributed by atoms with van der Waals surface area (Å²) < 4.78 is 14.7. The standard InChI is InChI=1S/C34H42FN3O3/c1-22(2)16-31(38-19-26(12-13-32(38)40)14-15-37-20-29(35)21-37)34(41)36-30(17-25(5)39)27-10-7-11-28(18-27)33-23(3)8-6-9-24(33)4/h6-13,18-19,22,29-31H,14-17,20-21H2,1-5H3,(H,36,41)/t30-,31+/m0/s1. The number of rotatable bonds is 12. The number of halogens is 1. The molecule has 0 bridgehead atoms. The number of aryl methyl sites for hydroxylation is 2. The molecule has 3 aromatic rings. The predicted molar refractivity (Wildman–Crippen MR) is 162 cm³/mol. The number of nitrogens with one attached hydrogen (secondary N) is 1. The third-order valence-corrected chi connectivity index (χ3v) is 7.83. The van der Waals surface area contributed by atoms with E-state index in [1.807, 2.05) is 49.1 Å². The van der Waals surface area contributed by atoms with E-state index in [4.69, 9.17) is 0 Å². The van der Waals surface area contributed by atoms with Gasteiger partial charge in [-0.2, -0.15) is 0 Å². The number of carbonyl (C=O) groups excluding carboxylic acids is 2. The number of aromatic nitrogens is 1. The number of ketones is 1. The first-order valence-electron chi connectivity index (χ1n) is 14.6. The quantitative estimate of drug-likeness (QED) is 0.307. The predicted octanol–water partition coefficient (Wildman–Crippen LogP) is 5.75. The molecule has 218 valence electrons. The second-order valence-corrected chi connectivity index (χ2v) is 11.9. The van der Waals surface area contributed by atoms with Crippen molar-refractivity contribution in [3.8, 4) is 11.1 Å². The molecule has 1 fully saturated rings. The fraction of sp³-hybridized carbons (Fsp3) is 0.441. The molecule has 2 aromatic carbocycles. The molecule has 1 aliphatic heterocycles. The third-order valence-electron chi connectivity index (χ3n) is 7.83. The molecular formula is C34H42FN3O3. The first-order chi connectivity index (χ1) is 19.5. The molecule has 1 aromatic heterocycles. The zero-order valence-corrected chi connectivity index (χ0v) is 24.8. The molecule has 41 heavy (non-hydrogen) atoms. The molecule has 6 nitrogen and oxygen atoms in total. The van der Waals surface area contributed by atoms with Gasteiger partial charge in [0.15, 0.2) is 0 Å². The lowest BCUT2D eigenvalue weighted by Gasteiger charge is -2.34. The Bertz CT molecular complexity index is 1420. The highest BCUT2D eigenvalue weighted by Gasteiger charge is 2.28. The number of amides is 1. The van der Waals surface area contributed by atoms with Crippen LogP contribution in [-0.4, -0.2) is 47.0 Å². The topological polar surface area (TPSA) is 71.4 Å². The minimum atomic E-state index is -0.757. The summed E-state index contributed by atoms with van der Waals surface area (Å²) in [5, 5.41) is 3.13. The fourth-order valence-electron chi connectivity index (χ4n) is 5.70. The maximum Gasteiger partial charge on any atom is 0.251 e. The molecular weight excluding hydrogens is 517 g/mol. The Labute approximate surface area is 242 Å². The summed E-state index contributed by atoms with van der Waals surface area (Å²) in [5.41, 5.74) is 6.01. The fourth-order valence-corrected chi connectivity index (χ4v) is 5.70. The van der Waals surface area contributed by atoms with E-state index in [9.17, 15) is 18.8 Å². The van der Waals surface area contributed by atoms with Crippen molar-refractivity contribution in [3.63, 3.8) is 0 Å². The normalized spacial score (nSPS) is 15.4. The highest BCUT2D eigenvalue weighted by molar-refractivity contribution is 5.83. The number of benzene rings is 2. The smallest absolute Gasteiger partial charge is 0.251 e. The monoisotopic (exact) mass is 559 g/mol. The second-order valence-electron chi connectivity index (χ2n) is 11.9. The van der Waals surface area contributed by atoms with Crippen LogP contribution in [0.1, 0.15) is 68.0 Å². The number of likely N-dealkylation sites (tertiary alicyclic amines) is 1. The molecule has 0 unspecified atom stereocenters. The van der Waals surface area contributed by atoms with Crippen LogP contribution in [0.2, 0.25) is 0 Å². The number of alkyl halides is 1. The van der Waals surface area contributed by atoms with Gasteiger partial charge < -0.3 is 9.88 Å². The van der Waals surface area contributed by atoms with Gasteiger partial charge in [-0.05, 0) is 79.0 Å². The van der Waals surface area contributed by atoms with Crippen molar-refractivity contribution in [2.75, 3.05) is 19.6 Å². The average molecular weight is 560 g/mol. The summed E-state index contributed by atoms with van der Waals surface area (Å²) in [6, 6.07) is 16.2. The molecule has 0 spiro atoms. The van der Waals surface area contributed by atoms with Crippen LogP contribution in [0.15, 0.2) is 65.6 Å². The number of Topliss-reactive ketones (excluding diaryl/α,β-unsaturated/α-hetero) is 1. The molecule has 1 saturated heterocycles. The van der Waals surface area contributed by atoms with Crippen LogP contribution < -0.4 is 10.9 Å². The first kappa shape index (κ1) is 30.4. The summed E-state index contributed by atoms with van der Waals surface area (Å²) in [4.78, 5) is 41.3. The maximum atomic E-state index is 13.9. The zero-order chi connectivity index (χ0) is 29.7. The van der Waals surface area contributed by atoms with Crippen LogP contribution in [0.25, 0.3) is 11.1 Å². The van der Waals surface area contributed by atoms with E-state index in [-0.39, 0.29) is 29.6 Å². The highest BCUT2D eigenvalue weighted by Crippen LogP contribution is 2.30. The van der Waals surface area contributed by atoms with Crippen LogP contribution in [-0.2, 0) is 16.0 Å². The Morgan fingerprint density at radius 2 is 1.71 bits per heavy atom. The Morgan fingerprint density at radius 3 is 2.34 bits per heavy atom. The molecule has 0 radical (unpaired) electrons. The lowest BCUT2D eigenvalue weighted by Crippen LogP contribution is -2.49. The minimum absolute atomic E-state index is 0.0335. The SMILES string of the molecule is CC(=O)C[C@H](NC(=O)[C@@H](CC(C)C)n1cc(CCN2CC(F)C2)ccc1=O)c1cccc(-c2c(C)cccc2C)c1. The van der Waals surface area contributed by atoms with Gasteiger partial charge in [0.05, 0.1) is 6.04 Å². The van der Waals surface area contributed by atoms with Crippen molar-refractivity contribution in [1.82, 2.24) is 14.8 Å². The van der Waals surface area contributed by atoms with E-state index >= 15 is 0 Å². The molecule has 2 heterocycles. The molecule has 1 aliphatic rings. The number of hydrogen-bond acceptors (Lipinski definition) is 4. The van der Waals surface area contributed by atoms with Gasteiger partial charge in [0.1, 0.15) is 18.0 Å². The van der Waals surface area contributed by atoms with Crippen molar-refractivity contribution in [2.24, 2.45) is 5.92 Å². The van der Waals surface area contributed by atoms with E-state index in [0.717, 1.165) is 33.4 Å². The Balaban J connectivity index is 1.61. The van der Waals surface area contributed by atoms with E-state index < -0.39 is 18.3 Å². The summed E-state index contributed by atoms with van der Waals surface area (Å²) in [6.45, 7) is 11.3. The maximum absolute atomic E-state index is 13.9. The van der Waals surface area contributed by atoms with Crippen molar-refractivity contribution < 1.29 is 14.0 Å². The van der Waals surface area contributed by atoms with E-state index in [1.54, 1.807) is 12.3 Å². The number of nitrogens with zero attached hydrogens (tertiary/aromatic N) is 2. The molecule has 4 rings (SSSR count). The summed E-state index contributed by atoms with van der Waals surface area (Å²) in [5.74, 6) is -0.166. The van der Waals surface area contributed by atoms with E-state index in [1.165, 1.54) is 17.6 Å². The van der Waals surface area contributed by atoms with Gasteiger partial charge in [-0.15, -0.1) is 0 Å². The second kappa shape index (κ2) is 13.4. The Kier molecular flexibility index (Phi) is 9.92. The van der Waals surface area contributed by atoms with Crippen molar-refractivity contribution >= 4 is 11.7 Å². The van der Waals surface area contributed by atoms with Crippen molar-refractivity contribution in [1.29, 1.82) is 0 Å². The summed E-state index contributed by atoms with van der Waals surface area (Å²) in [7, 11) is 0. The van der Waals surface area contributed by atoms with E-state index in [0.29, 0.717) is 32.5 Å². The lowest BCUT2D eigenvalue weighted by molar-refractivity contribution is -0.126. The first-order valence-corrected chi connectivity index (χ1v) is 14.6. The van der Waals surface area contributed by atoms with Gasteiger partial charge in [-0.1, -0.05) is 56.3 Å². The molecule has 0 saturated carbocycles. The van der Waals surface area contributed by atoms with Crippen molar-refractivity contribution in [3.05, 3.63) is 93.4 Å². The highest BCUT2D eigenvalue weighted by atomic mass is 19.1. The van der Waals surface area contributed by atoms with Gasteiger partial charge >= 0.3 is 0 Å². The number of pyridine rings is 1. The molecule has 0 aliphatic carbocycles. The number of carbonyl (C=O) groups is 2.